The smallest absolute Gasteiger partial charge is 0.267 e. The molecule has 3 nitrogen and oxygen atoms in total. The van der Waals surface area contributed by atoms with Crippen LogP contribution in [0.1, 0.15) is 15.9 Å². The van der Waals surface area contributed by atoms with Gasteiger partial charge in [0.2, 0.25) is 0 Å². The molecule has 2 aromatic rings. The number of carbonyl (C=O) groups excluding carboxylic acids is 1. The number of carbonyl (C=O) groups is 1. The summed E-state index contributed by atoms with van der Waals surface area (Å²) in [5, 5.41) is 4.65. The number of nitrogens with zero attached hydrogens (tertiary/aromatic N) is 1. The van der Waals surface area contributed by atoms with E-state index < -0.39 is 0 Å². The lowest BCUT2D eigenvalue weighted by Gasteiger charge is -2.01. The lowest BCUT2D eigenvalue weighted by molar-refractivity contribution is 0.0955. The van der Waals surface area contributed by atoms with Gasteiger partial charge in [0.05, 0.1) is 16.3 Å². The van der Waals surface area contributed by atoms with E-state index in [1.165, 1.54) is 6.07 Å². The van der Waals surface area contributed by atoms with Gasteiger partial charge < -0.3 is 0 Å². The number of benzene rings is 2. The van der Waals surface area contributed by atoms with Gasteiger partial charge in [-0.3, -0.25) is 4.79 Å². The summed E-state index contributed by atoms with van der Waals surface area (Å²) < 4.78 is 1.10. The van der Waals surface area contributed by atoms with Crippen LogP contribution in [-0.2, 0) is 0 Å². The van der Waals surface area contributed by atoms with Gasteiger partial charge in [-0.15, -0.1) is 0 Å². The zero-order valence-corrected chi connectivity index (χ0v) is 13.8. The lowest BCUT2D eigenvalue weighted by atomic mass is 10.2. The van der Waals surface area contributed by atoms with Crippen LogP contribution in [0.3, 0.4) is 0 Å². The SMILES string of the molecule is O=C(NN=Cc1cccc(I)c1)c1ccc(Cl)c(Cl)c1. The Morgan fingerprint density at radius 1 is 1.15 bits per heavy atom. The van der Waals surface area contributed by atoms with Gasteiger partial charge in [-0.1, -0.05) is 35.3 Å². The molecule has 0 radical (unpaired) electrons. The van der Waals surface area contributed by atoms with Gasteiger partial charge in [-0.05, 0) is 58.5 Å². The highest BCUT2D eigenvalue weighted by Crippen LogP contribution is 2.22. The fourth-order valence-corrected chi connectivity index (χ4v) is 2.32. The summed E-state index contributed by atoms with van der Waals surface area (Å²) in [6, 6.07) is 12.4. The molecule has 1 N–H and O–H groups in total. The number of hydrogen-bond acceptors (Lipinski definition) is 2. The highest BCUT2D eigenvalue weighted by molar-refractivity contribution is 14.1. The van der Waals surface area contributed by atoms with Crippen molar-refractivity contribution in [1.29, 1.82) is 0 Å². The largest absolute Gasteiger partial charge is 0.271 e. The Morgan fingerprint density at radius 3 is 2.65 bits per heavy atom. The van der Waals surface area contributed by atoms with Crippen LogP contribution in [0.5, 0.6) is 0 Å². The zero-order chi connectivity index (χ0) is 14.5. The molecule has 6 heteroatoms. The Balaban J connectivity index is 2.03. The molecule has 1 amide bonds. The van der Waals surface area contributed by atoms with Crippen LogP contribution in [0.25, 0.3) is 0 Å². The van der Waals surface area contributed by atoms with Crippen LogP contribution in [0, 0.1) is 3.57 Å². The van der Waals surface area contributed by atoms with E-state index in [1.807, 2.05) is 24.3 Å². The molecule has 0 aromatic heterocycles. The molecular weight excluding hydrogens is 410 g/mol. The summed E-state index contributed by atoms with van der Waals surface area (Å²) in [6.45, 7) is 0. The molecule has 0 bridgehead atoms. The van der Waals surface area contributed by atoms with Crippen molar-refractivity contribution in [3.8, 4) is 0 Å². The van der Waals surface area contributed by atoms with Crippen molar-refractivity contribution in [3.05, 3.63) is 67.2 Å². The molecule has 0 aliphatic heterocycles. The summed E-state index contributed by atoms with van der Waals surface area (Å²) in [5.41, 5.74) is 3.75. The lowest BCUT2D eigenvalue weighted by Crippen LogP contribution is -2.17. The number of nitrogens with one attached hydrogen (secondary N) is 1. The maximum atomic E-state index is 11.8. The van der Waals surface area contributed by atoms with E-state index >= 15 is 0 Å². The van der Waals surface area contributed by atoms with Crippen molar-refractivity contribution < 1.29 is 4.79 Å². The van der Waals surface area contributed by atoms with Crippen LogP contribution in [-0.4, -0.2) is 12.1 Å². The van der Waals surface area contributed by atoms with E-state index in [0.717, 1.165) is 9.13 Å². The van der Waals surface area contributed by atoms with Crippen molar-refractivity contribution in [2.24, 2.45) is 5.10 Å². The van der Waals surface area contributed by atoms with Gasteiger partial charge >= 0.3 is 0 Å². The van der Waals surface area contributed by atoms with Crippen molar-refractivity contribution in [1.82, 2.24) is 5.43 Å². The molecule has 0 aliphatic rings. The second kappa shape index (κ2) is 7.06. The Labute approximate surface area is 140 Å². The highest BCUT2D eigenvalue weighted by Gasteiger charge is 2.06. The van der Waals surface area contributed by atoms with E-state index in [1.54, 1.807) is 18.3 Å². The molecule has 2 aromatic carbocycles. The molecule has 0 aliphatic carbocycles. The molecule has 0 atom stereocenters. The third-order valence-electron chi connectivity index (χ3n) is 2.41. The molecule has 102 valence electrons. The fourth-order valence-electron chi connectivity index (χ4n) is 1.45. The summed E-state index contributed by atoms with van der Waals surface area (Å²) in [5.74, 6) is -0.342. The van der Waals surface area contributed by atoms with Crippen molar-refractivity contribution in [2.75, 3.05) is 0 Å². The minimum Gasteiger partial charge on any atom is -0.267 e. The molecule has 0 saturated heterocycles. The second-order valence-corrected chi connectivity index (χ2v) is 5.94. The van der Waals surface area contributed by atoms with E-state index in [2.05, 4.69) is 33.1 Å². The first-order valence-electron chi connectivity index (χ1n) is 5.60. The number of amides is 1. The summed E-state index contributed by atoms with van der Waals surface area (Å²) in [6.07, 6.45) is 1.58. The van der Waals surface area contributed by atoms with Gasteiger partial charge in [0.25, 0.3) is 5.91 Å². The molecule has 20 heavy (non-hydrogen) atoms. The number of hydrazone groups is 1. The van der Waals surface area contributed by atoms with E-state index in [9.17, 15) is 4.79 Å². The second-order valence-electron chi connectivity index (χ2n) is 3.88. The molecule has 0 heterocycles. The van der Waals surface area contributed by atoms with Crippen LogP contribution in [0.4, 0.5) is 0 Å². The normalized spacial score (nSPS) is 10.8. The van der Waals surface area contributed by atoms with Gasteiger partial charge in [-0.25, -0.2) is 5.43 Å². The number of halogens is 3. The Kier molecular flexibility index (Phi) is 5.39. The van der Waals surface area contributed by atoms with Crippen molar-refractivity contribution in [2.45, 2.75) is 0 Å². The predicted octanol–water partition coefficient (Wildman–Crippen LogP) is 4.36. The van der Waals surface area contributed by atoms with Crippen LogP contribution < -0.4 is 5.43 Å². The van der Waals surface area contributed by atoms with Gasteiger partial charge in [0.1, 0.15) is 0 Å². The Hall–Kier alpha value is -1.11. The first-order valence-corrected chi connectivity index (χ1v) is 7.44. The minimum atomic E-state index is -0.342. The van der Waals surface area contributed by atoms with Crippen molar-refractivity contribution in [3.63, 3.8) is 0 Å². The third-order valence-corrected chi connectivity index (χ3v) is 3.82. The maximum absolute atomic E-state index is 11.8. The molecule has 0 unspecified atom stereocenters. The first-order chi connectivity index (χ1) is 9.56. The first kappa shape index (κ1) is 15.3. The topological polar surface area (TPSA) is 41.5 Å². The highest BCUT2D eigenvalue weighted by atomic mass is 127. The van der Waals surface area contributed by atoms with Crippen LogP contribution in [0.2, 0.25) is 10.0 Å². The average molecular weight is 419 g/mol. The van der Waals surface area contributed by atoms with E-state index in [-0.39, 0.29) is 5.91 Å². The predicted molar refractivity (Wildman–Crippen MR) is 90.7 cm³/mol. The third kappa shape index (κ3) is 4.19. The number of rotatable bonds is 3. The van der Waals surface area contributed by atoms with Gasteiger partial charge in [0.15, 0.2) is 0 Å². The quantitative estimate of drug-likeness (QED) is 0.449. The fraction of sp³-hybridized carbons (Fsp3) is 0. The molecule has 2 rings (SSSR count). The van der Waals surface area contributed by atoms with E-state index in [0.29, 0.717) is 15.6 Å². The monoisotopic (exact) mass is 418 g/mol. The molecule has 0 spiro atoms. The van der Waals surface area contributed by atoms with Gasteiger partial charge in [-0.2, -0.15) is 5.10 Å². The summed E-state index contributed by atoms with van der Waals surface area (Å²) >= 11 is 13.9. The average Bonchev–Trinajstić information content (AvgIpc) is 2.42. The number of hydrogen-bond donors (Lipinski definition) is 1. The zero-order valence-electron chi connectivity index (χ0n) is 10.1. The van der Waals surface area contributed by atoms with Gasteiger partial charge in [0, 0.05) is 9.13 Å². The minimum absolute atomic E-state index is 0.334. The Morgan fingerprint density at radius 2 is 1.95 bits per heavy atom. The van der Waals surface area contributed by atoms with Crippen LogP contribution >= 0.6 is 45.8 Å². The molecule has 0 fully saturated rings. The summed E-state index contributed by atoms with van der Waals surface area (Å²) in [7, 11) is 0. The maximum Gasteiger partial charge on any atom is 0.271 e. The van der Waals surface area contributed by atoms with Crippen LogP contribution in [0.15, 0.2) is 47.6 Å². The Bertz CT molecular complexity index is 674. The molecular formula is C14H9Cl2IN2O. The molecule has 0 saturated carbocycles. The standard InChI is InChI=1S/C14H9Cl2IN2O/c15-12-5-4-10(7-13(12)16)14(20)19-18-8-9-2-1-3-11(17)6-9/h1-8H,(H,19,20). The summed E-state index contributed by atoms with van der Waals surface area (Å²) in [4.78, 5) is 11.8. The van der Waals surface area contributed by atoms with E-state index in [4.69, 9.17) is 23.2 Å². The van der Waals surface area contributed by atoms with Crippen molar-refractivity contribution >= 4 is 57.9 Å².